The monoisotopic (exact) mass is 220 g/mol. The minimum absolute atomic E-state index is 0.180. The number of carbonyl (C=O) groups excluding carboxylic acids is 1. The van der Waals surface area contributed by atoms with Gasteiger partial charge in [-0.1, -0.05) is 13.0 Å². The molecule has 1 aliphatic carbocycles. The molecule has 0 spiro atoms. The van der Waals surface area contributed by atoms with Crippen molar-refractivity contribution in [2.24, 2.45) is 5.41 Å². The summed E-state index contributed by atoms with van der Waals surface area (Å²) in [7, 11) is 0. The number of Topliss-reactive ketones (excluding diaryl/α,β-unsaturated/α-hetero) is 1. The van der Waals surface area contributed by atoms with E-state index in [0.29, 0.717) is 12.2 Å². The van der Waals surface area contributed by atoms with Crippen LogP contribution in [0.3, 0.4) is 0 Å². The third-order valence-electron chi connectivity index (χ3n) is 3.12. The zero-order chi connectivity index (χ0) is 10.9. The molecule has 0 aromatic carbocycles. The van der Waals surface area contributed by atoms with Crippen LogP contribution in [0.25, 0.3) is 0 Å². The summed E-state index contributed by atoms with van der Waals surface area (Å²) in [6.45, 7) is 4.19. The van der Waals surface area contributed by atoms with E-state index in [4.69, 9.17) is 0 Å². The van der Waals surface area contributed by atoms with Gasteiger partial charge in [-0.3, -0.25) is 4.79 Å². The Balaban J connectivity index is 2.18. The average Bonchev–Trinajstić information content (AvgIpc) is 2.64. The fraction of sp³-hybridized carbons (Fsp3) is 0.462. The van der Waals surface area contributed by atoms with Crippen molar-refractivity contribution in [2.45, 2.75) is 33.1 Å². The van der Waals surface area contributed by atoms with Gasteiger partial charge in [-0.25, -0.2) is 0 Å². The third kappa shape index (κ3) is 2.37. The molecule has 1 nitrogen and oxygen atoms in total. The van der Waals surface area contributed by atoms with Gasteiger partial charge in [-0.2, -0.15) is 11.3 Å². The smallest absolute Gasteiger partial charge is 0.158 e. The molecule has 0 bridgehead atoms. The second-order valence-corrected chi connectivity index (χ2v) is 5.49. The van der Waals surface area contributed by atoms with Gasteiger partial charge in [0.25, 0.3) is 0 Å². The summed E-state index contributed by atoms with van der Waals surface area (Å²) in [6, 6.07) is 2.18. The van der Waals surface area contributed by atoms with Crippen molar-refractivity contribution in [3.8, 4) is 0 Å². The maximum atomic E-state index is 11.4. The highest BCUT2D eigenvalue weighted by molar-refractivity contribution is 7.07. The molecule has 0 amide bonds. The van der Waals surface area contributed by atoms with Gasteiger partial charge < -0.3 is 0 Å². The van der Waals surface area contributed by atoms with Crippen molar-refractivity contribution < 1.29 is 4.79 Å². The first-order valence-electron chi connectivity index (χ1n) is 5.33. The van der Waals surface area contributed by atoms with Crippen LogP contribution >= 0.6 is 11.3 Å². The molecule has 1 aliphatic rings. The summed E-state index contributed by atoms with van der Waals surface area (Å²) in [5.41, 5.74) is 2.51. The Labute approximate surface area is 94.8 Å². The summed E-state index contributed by atoms with van der Waals surface area (Å²) in [6.07, 6.45) is 4.92. The van der Waals surface area contributed by atoms with Gasteiger partial charge >= 0.3 is 0 Å². The zero-order valence-electron chi connectivity index (χ0n) is 9.25. The molecular weight excluding hydrogens is 204 g/mol. The normalized spacial score (nSPS) is 26.5. The molecule has 1 heterocycles. The van der Waals surface area contributed by atoms with E-state index < -0.39 is 0 Å². The molecule has 0 saturated heterocycles. The maximum absolute atomic E-state index is 11.4. The van der Waals surface area contributed by atoms with Crippen LogP contribution in [0.4, 0.5) is 0 Å². The van der Waals surface area contributed by atoms with Gasteiger partial charge in [0.05, 0.1) is 0 Å². The van der Waals surface area contributed by atoms with Crippen LogP contribution in [0, 0.1) is 5.41 Å². The Bertz CT molecular complexity index is 389. The number of allylic oxidation sites excluding steroid dienone is 2. The minimum Gasteiger partial charge on any atom is -0.295 e. The summed E-state index contributed by atoms with van der Waals surface area (Å²) >= 11 is 1.74. The van der Waals surface area contributed by atoms with E-state index in [1.165, 1.54) is 5.56 Å². The van der Waals surface area contributed by atoms with Crippen molar-refractivity contribution in [1.29, 1.82) is 0 Å². The van der Waals surface area contributed by atoms with Crippen LogP contribution in [0.2, 0.25) is 0 Å². The molecule has 2 rings (SSSR count). The molecule has 2 heteroatoms. The number of thiophene rings is 1. The summed E-state index contributed by atoms with van der Waals surface area (Å²) in [5.74, 6) is 0.317. The summed E-state index contributed by atoms with van der Waals surface area (Å²) in [4.78, 5) is 11.4. The largest absolute Gasteiger partial charge is 0.295 e. The maximum Gasteiger partial charge on any atom is 0.158 e. The van der Waals surface area contributed by atoms with Gasteiger partial charge in [0.1, 0.15) is 0 Å². The predicted octanol–water partition coefficient (Wildman–Crippen LogP) is 3.61. The van der Waals surface area contributed by atoms with Crippen LogP contribution in [0.1, 0.15) is 32.3 Å². The lowest BCUT2D eigenvalue weighted by Crippen LogP contribution is -2.24. The molecule has 1 unspecified atom stereocenters. The van der Waals surface area contributed by atoms with Crippen molar-refractivity contribution >= 4 is 17.1 Å². The standard InChI is InChI=1S/C13H16OS/c1-10-7-13(2,5-3-12(10)14)8-11-4-6-15-9-11/h4,6-7,9H,3,5,8H2,1-2H3. The van der Waals surface area contributed by atoms with E-state index in [-0.39, 0.29) is 5.41 Å². The van der Waals surface area contributed by atoms with E-state index in [1.807, 2.05) is 6.92 Å². The first-order valence-corrected chi connectivity index (χ1v) is 6.27. The number of carbonyl (C=O) groups is 1. The van der Waals surface area contributed by atoms with Crippen LogP contribution in [0.15, 0.2) is 28.5 Å². The van der Waals surface area contributed by atoms with Crippen LogP contribution < -0.4 is 0 Å². The van der Waals surface area contributed by atoms with Gasteiger partial charge in [-0.15, -0.1) is 0 Å². The number of hydrogen-bond acceptors (Lipinski definition) is 2. The van der Waals surface area contributed by atoms with Gasteiger partial charge in [0.15, 0.2) is 5.78 Å². The summed E-state index contributed by atoms with van der Waals surface area (Å²) < 4.78 is 0. The lowest BCUT2D eigenvalue weighted by Gasteiger charge is -2.30. The SMILES string of the molecule is CC1=CC(C)(Cc2ccsc2)CCC1=O. The van der Waals surface area contributed by atoms with Gasteiger partial charge in [-0.05, 0) is 53.1 Å². The average molecular weight is 220 g/mol. The highest BCUT2D eigenvalue weighted by atomic mass is 32.1. The van der Waals surface area contributed by atoms with Crippen LogP contribution in [-0.4, -0.2) is 5.78 Å². The minimum atomic E-state index is 0.180. The number of rotatable bonds is 2. The third-order valence-corrected chi connectivity index (χ3v) is 3.85. The highest BCUT2D eigenvalue weighted by Crippen LogP contribution is 2.35. The molecule has 0 saturated carbocycles. The Kier molecular flexibility index (Phi) is 2.79. The molecule has 15 heavy (non-hydrogen) atoms. The first kappa shape index (κ1) is 10.6. The Morgan fingerprint density at radius 2 is 2.33 bits per heavy atom. The van der Waals surface area contributed by atoms with Crippen molar-refractivity contribution in [2.75, 3.05) is 0 Å². The van der Waals surface area contributed by atoms with Crippen LogP contribution in [0.5, 0.6) is 0 Å². The van der Waals surface area contributed by atoms with E-state index in [1.54, 1.807) is 11.3 Å². The van der Waals surface area contributed by atoms with Crippen molar-refractivity contribution in [3.05, 3.63) is 34.0 Å². The van der Waals surface area contributed by atoms with Crippen molar-refractivity contribution in [3.63, 3.8) is 0 Å². The molecule has 0 N–H and O–H groups in total. The Hall–Kier alpha value is -0.890. The molecule has 80 valence electrons. The molecule has 0 radical (unpaired) electrons. The molecule has 1 aromatic heterocycles. The van der Waals surface area contributed by atoms with E-state index in [2.05, 4.69) is 29.8 Å². The van der Waals surface area contributed by atoms with E-state index >= 15 is 0 Å². The quantitative estimate of drug-likeness (QED) is 0.744. The zero-order valence-corrected chi connectivity index (χ0v) is 10.1. The molecule has 1 atom stereocenters. The predicted molar refractivity (Wildman–Crippen MR) is 64.1 cm³/mol. The Morgan fingerprint density at radius 3 is 2.93 bits per heavy atom. The van der Waals surface area contributed by atoms with E-state index in [0.717, 1.165) is 18.4 Å². The molecule has 1 aromatic rings. The lowest BCUT2D eigenvalue weighted by atomic mass is 9.74. The van der Waals surface area contributed by atoms with Gasteiger partial charge in [0.2, 0.25) is 0 Å². The van der Waals surface area contributed by atoms with Crippen molar-refractivity contribution in [1.82, 2.24) is 0 Å². The fourth-order valence-corrected chi connectivity index (χ4v) is 2.94. The second kappa shape index (κ2) is 3.93. The topological polar surface area (TPSA) is 17.1 Å². The molecule has 0 aliphatic heterocycles. The molecular formula is C13H16OS. The Morgan fingerprint density at radius 1 is 1.53 bits per heavy atom. The number of ketones is 1. The van der Waals surface area contributed by atoms with Crippen LogP contribution in [-0.2, 0) is 11.2 Å². The second-order valence-electron chi connectivity index (χ2n) is 4.71. The van der Waals surface area contributed by atoms with E-state index in [9.17, 15) is 4.79 Å². The lowest BCUT2D eigenvalue weighted by molar-refractivity contribution is -0.116. The first-order chi connectivity index (χ1) is 7.09. The highest BCUT2D eigenvalue weighted by Gasteiger charge is 2.28. The number of hydrogen-bond donors (Lipinski definition) is 0. The summed E-state index contributed by atoms with van der Waals surface area (Å²) in [5, 5.41) is 4.31. The fourth-order valence-electron chi connectivity index (χ4n) is 2.27. The molecule has 0 fully saturated rings. The van der Waals surface area contributed by atoms with Gasteiger partial charge in [0, 0.05) is 6.42 Å².